The van der Waals surface area contributed by atoms with Crippen molar-refractivity contribution in [2.24, 2.45) is 0 Å². The summed E-state index contributed by atoms with van der Waals surface area (Å²) in [6.45, 7) is 3.07. The summed E-state index contributed by atoms with van der Waals surface area (Å²) in [7, 11) is 2.18. The predicted octanol–water partition coefficient (Wildman–Crippen LogP) is 4.62. The van der Waals surface area contributed by atoms with E-state index < -0.39 is 0 Å². The molecule has 1 amide bonds. The van der Waals surface area contributed by atoms with Gasteiger partial charge in [0.1, 0.15) is 11.5 Å². The van der Waals surface area contributed by atoms with Crippen LogP contribution in [0.1, 0.15) is 34.1 Å². The number of carbonyl (C=O) groups is 1. The van der Waals surface area contributed by atoms with Crippen molar-refractivity contribution in [3.05, 3.63) is 130 Å². The molecule has 0 saturated carbocycles. The normalized spacial score (nSPS) is 20.3. The Hall–Kier alpha value is -3.07. The number of nitrogens with zero attached hydrogens (tertiary/aromatic N) is 2. The van der Waals surface area contributed by atoms with Crippen LogP contribution >= 0.6 is 11.6 Å². The van der Waals surface area contributed by atoms with Gasteiger partial charge in [0.2, 0.25) is 6.73 Å². The molecule has 3 unspecified atom stereocenters. The van der Waals surface area contributed by atoms with Crippen molar-refractivity contribution in [1.82, 2.24) is 4.90 Å². The number of likely N-dealkylation sites (tertiary alicyclic amines) is 1. The molecule has 0 spiro atoms. The Morgan fingerprint density at radius 3 is 2.20 bits per heavy atom. The average Bonchev–Trinajstić information content (AvgIpc) is 3.28. The van der Waals surface area contributed by atoms with Crippen molar-refractivity contribution in [2.75, 3.05) is 33.4 Å². The van der Waals surface area contributed by atoms with E-state index in [2.05, 4.69) is 31.3 Å². The fraction of sp³-hybridized carbons (Fsp3) is 0.265. The van der Waals surface area contributed by atoms with E-state index >= 15 is 0 Å². The second kappa shape index (κ2) is 12.8. The van der Waals surface area contributed by atoms with Crippen molar-refractivity contribution in [3.63, 3.8) is 0 Å². The van der Waals surface area contributed by atoms with E-state index in [9.17, 15) is 4.79 Å². The Labute approximate surface area is 264 Å². The Kier molecular flexibility index (Phi) is 9.22. The van der Waals surface area contributed by atoms with Crippen molar-refractivity contribution in [3.8, 4) is 11.5 Å². The molecule has 0 aliphatic carbocycles. The van der Waals surface area contributed by atoms with Gasteiger partial charge in [-0.2, -0.15) is 0 Å². The van der Waals surface area contributed by atoms with E-state index in [0.29, 0.717) is 29.3 Å². The number of para-hydroxylation sites is 1. The van der Waals surface area contributed by atoms with Crippen LogP contribution in [-0.4, -0.2) is 48.9 Å². The molecule has 4 aromatic carbocycles. The minimum atomic E-state index is -0.279. The van der Waals surface area contributed by atoms with Gasteiger partial charge in [-0.3, -0.25) is 4.48 Å². The van der Waals surface area contributed by atoms with Crippen LogP contribution in [0.3, 0.4) is 0 Å². The molecule has 1 fully saturated rings. The number of hydrogen-bond donors (Lipinski definition) is 0. The number of hydrogen-bond acceptors (Lipinski definition) is 3. The minimum Gasteiger partial charge on any atom is -1.00 e. The molecule has 6 rings (SSSR count). The van der Waals surface area contributed by atoms with Crippen LogP contribution in [0.15, 0.2) is 103 Å². The van der Waals surface area contributed by atoms with Crippen LogP contribution in [-0.2, 0) is 17.7 Å². The number of amides is 1. The Morgan fingerprint density at radius 2 is 1.46 bits per heavy atom. The molecule has 2 heterocycles. The molecule has 0 aromatic heterocycles. The van der Waals surface area contributed by atoms with Gasteiger partial charge in [0, 0.05) is 41.1 Å². The average molecular weight is 681 g/mol. The molecule has 0 radical (unpaired) electrons. The lowest BCUT2D eigenvalue weighted by molar-refractivity contribution is -0.915. The molecule has 4 aromatic rings. The summed E-state index contributed by atoms with van der Waals surface area (Å²) in [6.07, 6.45) is 0.492. The van der Waals surface area contributed by atoms with Gasteiger partial charge in [-0.15, -0.1) is 0 Å². The SMILES string of the molecule is C[N+]1(COC(=O)N(CCc2ccccc2)Cc2ccccc2)CC2c3ccccc3Oc3ccc(Cl)cc3C2C1.[I-]. The topological polar surface area (TPSA) is 38.8 Å². The highest BCUT2D eigenvalue weighted by Gasteiger charge is 2.48. The summed E-state index contributed by atoms with van der Waals surface area (Å²) in [4.78, 5) is 15.4. The van der Waals surface area contributed by atoms with Crippen LogP contribution in [0.5, 0.6) is 11.5 Å². The second-order valence-corrected chi connectivity index (χ2v) is 11.6. The highest BCUT2D eigenvalue weighted by atomic mass is 127. The Bertz CT molecular complexity index is 1490. The third kappa shape index (κ3) is 6.71. The highest BCUT2D eigenvalue weighted by Crippen LogP contribution is 2.51. The first kappa shape index (κ1) is 29.4. The summed E-state index contributed by atoms with van der Waals surface area (Å²) < 4.78 is 13.1. The number of rotatable bonds is 7. The largest absolute Gasteiger partial charge is 1.00 e. The fourth-order valence-corrected chi connectivity index (χ4v) is 6.34. The standard InChI is InChI=1S/C34H34ClN2O3.HI/c1-37(22-30-28-14-8-9-15-32(28)40-33-17-16-27(35)20-29(33)31(30)23-37)24-39-34(38)36(21-26-12-6-3-7-13-26)19-18-25-10-4-2-5-11-25;/h2-17,20,30-31H,18-19,21-24H2,1H3;1H/q+1;/p-1. The Morgan fingerprint density at radius 1 is 0.854 bits per heavy atom. The quantitative estimate of drug-likeness (QED) is 0.212. The summed E-state index contributed by atoms with van der Waals surface area (Å²) in [5, 5.41) is 0.703. The zero-order chi connectivity index (χ0) is 27.5. The van der Waals surface area contributed by atoms with Gasteiger partial charge in [-0.1, -0.05) is 90.5 Å². The van der Waals surface area contributed by atoms with Gasteiger partial charge in [0.15, 0.2) is 0 Å². The molecular weight excluding hydrogens is 647 g/mol. The molecule has 1 saturated heterocycles. The molecule has 5 nitrogen and oxygen atoms in total. The maximum atomic E-state index is 13.5. The van der Waals surface area contributed by atoms with Gasteiger partial charge in [-0.05, 0) is 41.8 Å². The smallest absolute Gasteiger partial charge is 0.414 e. The summed E-state index contributed by atoms with van der Waals surface area (Å²) in [6, 6.07) is 34.5. The number of fused-ring (bicyclic) bond motifs is 5. The first-order valence-electron chi connectivity index (χ1n) is 13.9. The first-order valence-corrected chi connectivity index (χ1v) is 14.2. The molecular formula is C34H34ClIN2O3. The van der Waals surface area contributed by atoms with Crippen LogP contribution in [0.4, 0.5) is 4.79 Å². The van der Waals surface area contributed by atoms with Crippen LogP contribution in [0, 0.1) is 0 Å². The fourth-order valence-electron chi connectivity index (χ4n) is 6.16. The maximum absolute atomic E-state index is 13.5. The predicted molar refractivity (Wildman–Crippen MR) is 158 cm³/mol. The first-order chi connectivity index (χ1) is 19.5. The molecule has 3 atom stereocenters. The van der Waals surface area contributed by atoms with Crippen molar-refractivity contribution < 1.29 is 42.7 Å². The Balaban J connectivity index is 0.00000337. The number of carbonyl (C=O) groups excluding carboxylic acids is 1. The molecule has 41 heavy (non-hydrogen) atoms. The van der Waals surface area contributed by atoms with Gasteiger partial charge < -0.3 is 38.4 Å². The second-order valence-electron chi connectivity index (χ2n) is 11.2. The van der Waals surface area contributed by atoms with Crippen LogP contribution in [0.25, 0.3) is 0 Å². The van der Waals surface area contributed by atoms with Gasteiger partial charge in [0.25, 0.3) is 0 Å². The summed E-state index contributed by atoms with van der Waals surface area (Å²) in [5.41, 5.74) is 4.60. The summed E-state index contributed by atoms with van der Waals surface area (Å²) >= 11 is 6.45. The number of benzene rings is 4. The molecule has 2 aliphatic heterocycles. The van der Waals surface area contributed by atoms with Crippen molar-refractivity contribution >= 4 is 17.7 Å². The van der Waals surface area contributed by atoms with Crippen LogP contribution < -0.4 is 28.7 Å². The lowest BCUT2D eigenvalue weighted by atomic mass is 9.84. The monoisotopic (exact) mass is 680 g/mol. The van der Waals surface area contributed by atoms with E-state index in [4.69, 9.17) is 21.1 Å². The van der Waals surface area contributed by atoms with Crippen molar-refractivity contribution in [2.45, 2.75) is 24.8 Å². The van der Waals surface area contributed by atoms with Gasteiger partial charge in [0.05, 0.1) is 20.1 Å². The van der Waals surface area contributed by atoms with E-state index in [-0.39, 0.29) is 41.9 Å². The zero-order valence-corrected chi connectivity index (χ0v) is 26.0. The van der Waals surface area contributed by atoms with Crippen molar-refractivity contribution in [1.29, 1.82) is 0 Å². The molecule has 0 bridgehead atoms. The lowest BCUT2D eigenvalue weighted by Gasteiger charge is -2.31. The molecule has 0 N–H and O–H groups in total. The van der Waals surface area contributed by atoms with E-state index in [0.717, 1.165) is 42.1 Å². The highest BCUT2D eigenvalue weighted by molar-refractivity contribution is 6.30. The third-order valence-electron chi connectivity index (χ3n) is 8.16. The maximum Gasteiger partial charge on any atom is 0.414 e. The van der Waals surface area contributed by atoms with Gasteiger partial charge >= 0.3 is 6.09 Å². The molecule has 7 heteroatoms. The third-order valence-corrected chi connectivity index (χ3v) is 8.39. The van der Waals surface area contributed by atoms with E-state index in [1.165, 1.54) is 11.1 Å². The van der Waals surface area contributed by atoms with E-state index in [1.807, 2.05) is 83.8 Å². The number of likely N-dealkylation sites (N-methyl/N-ethyl adjacent to an activating group) is 1. The van der Waals surface area contributed by atoms with E-state index in [1.54, 1.807) is 0 Å². The molecule has 2 aliphatic rings. The number of quaternary nitrogens is 1. The molecule has 212 valence electrons. The summed E-state index contributed by atoms with van der Waals surface area (Å²) in [5.74, 6) is 2.18. The number of ether oxygens (including phenoxy) is 2. The zero-order valence-electron chi connectivity index (χ0n) is 23.1. The van der Waals surface area contributed by atoms with Crippen LogP contribution in [0.2, 0.25) is 5.02 Å². The van der Waals surface area contributed by atoms with Gasteiger partial charge in [-0.25, -0.2) is 4.79 Å². The minimum absolute atomic E-state index is 0. The lowest BCUT2D eigenvalue weighted by Crippen LogP contribution is -3.00. The number of halogens is 2.